The quantitative estimate of drug-likeness (QED) is 0.312. The van der Waals surface area contributed by atoms with E-state index in [-0.39, 0.29) is 23.9 Å². The lowest BCUT2D eigenvalue weighted by Crippen LogP contribution is -2.49. The summed E-state index contributed by atoms with van der Waals surface area (Å²) in [6, 6.07) is 11.2. The molecule has 1 aliphatic rings. The van der Waals surface area contributed by atoms with Crippen molar-refractivity contribution in [1.29, 1.82) is 0 Å². The fourth-order valence-corrected chi connectivity index (χ4v) is 3.49. The number of rotatable bonds is 8. The summed E-state index contributed by atoms with van der Waals surface area (Å²) < 4.78 is 20.4. The average molecular weight is 572 g/mol. The molecule has 2 aromatic rings. The van der Waals surface area contributed by atoms with Crippen LogP contribution in [-0.4, -0.2) is 77.8 Å². The molecular formula is C32H46FN3O5. The summed E-state index contributed by atoms with van der Waals surface area (Å²) in [4.78, 5) is 27.1. The molecule has 3 rings (SSSR count). The van der Waals surface area contributed by atoms with E-state index in [4.69, 9.17) is 20.7 Å². The van der Waals surface area contributed by atoms with Crippen LogP contribution in [0, 0.1) is 24.6 Å². The van der Waals surface area contributed by atoms with Crippen LogP contribution in [0.5, 0.6) is 5.75 Å². The molecule has 1 aliphatic heterocycles. The van der Waals surface area contributed by atoms with Crippen molar-refractivity contribution in [3.05, 3.63) is 77.1 Å². The minimum atomic E-state index is -1.01. The van der Waals surface area contributed by atoms with Crippen LogP contribution in [0.25, 0.3) is 0 Å². The molecular weight excluding hydrogens is 525 g/mol. The number of allylic oxidation sites excluding steroid dienone is 1. The number of carbonyl (C=O) groups is 2. The predicted octanol–water partition coefficient (Wildman–Crippen LogP) is 4.67. The van der Waals surface area contributed by atoms with Crippen molar-refractivity contribution in [2.24, 2.45) is 5.73 Å². The Morgan fingerprint density at radius 1 is 1.07 bits per heavy atom. The van der Waals surface area contributed by atoms with Gasteiger partial charge < -0.3 is 25.6 Å². The number of piperazine rings is 1. The average Bonchev–Trinajstić information content (AvgIpc) is 3.00. The number of carboxylic acid groups (broad SMARTS) is 1. The zero-order valence-electron chi connectivity index (χ0n) is 25.2. The van der Waals surface area contributed by atoms with Crippen molar-refractivity contribution in [3.63, 3.8) is 0 Å². The summed E-state index contributed by atoms with van der Waals surface area (Å²) in [5.41, 5.74) is 6.22. The number of aliphatic hydroxyl groups is 1. The maximum absolute atomic E-state index is 14.2. The highest BCUT2D eigenvalue weighted by Crippen LogP contribution is 2.25. The van der Waals surface area contributed by atoms with Gasteiger partial charge in [-0.1, -0.05) is 32.1 Å². The first kappa shape index (κ1) is 37.3. The smallest absolute Gasteiger partial charge is 0.335 e. The molecule has 226 valence electrons. The third-order valence-corrected chi connectivity index (χ3v) is 5.74. The Morgan fingerprint density at radius 3 is 2.07 bits per heavy atom. The van der Waals surface area contributed by atoms with Gasteiger partial charge >= 0.3 is 5.97 Å². The van der Waals surface area contributed by atoms with Crippen LogP contribution >= 0.6 is 0 Å². The first-order valence-electron chi connectivity index (χ1n) is 13.7. The van der Waals surface area contributed by atoms with Gasteiger partial charge in [0, 0.05) is 39.3 Å². The summed E-state index contributed by atoms with van der Waals surface area (Å²) in [7, 11) is 0. The first-order chi connectivity index (χ1) is 19.7. The van der Waals surface area contributed by atoms with Crippen LogP contribution < -0.4 is 10.5 Å². The third kappa shape index (κ3) is 14.5. The van der Waals surface area contributed by atoms with Crippen molar-refractivity contribution < 1.29 is 28.9 Å². The maximum atomic E-state index is 14.2. The normalized spacial score (nSPS) is 13.1. The Balaban J connectivity index is 0.00000140. The predicted molar refractivity (Wildman–Crippen MR) is 162 cm³/mol. The number of aliphatic hydroxyl groups excluding tert-OH is 1. The van der Waals surface area contributed by atoms with Crippen molar-refractivity contribution in [2.75, 3.05) is 45.9 Å². The monoisotopic (exact) mass is 571 g/mol. The van der Waals surface area contributed by atoms with Gasteiger partial charge in [-0.3, -0.25) is 9.69 Å². The van der Waals surface area contributed by atoms with Crippen LogP contribution in [-0.2, 0) is 4.79 Å². The molecule has 0 aromatic heterocycles. The number of nitrogens with zero attached hydrogens (tertiary/aromatic N) is 2. The zero-order valence-corrected chi connectivity index (χ0v) is 25.2. The van der Waals surface area contributed by atoms with E-state index in [1.54, 1.807) is 37.3 Å². The second kappa shape index (κ2) is 22.0. The van der Waals surface area contributed by atoms with Crippen LogP contribution in [0.1, 0.15) is 62.2 Å². The number of carbonyl (C=O) groups excluding carboxylic acids is 1. The molecule has 1 unspecified atom stereocenters. The molecule has 8 nitrogen and oxygen atoms in total. The number of ether oxygens (including phenoxy) is 1. The van der Waals surface area contributed by atoms with Crippen molar-refractivity contribution in [3.8, 4) is 17.6 Å². The van der Waals surface area contributed by atoms with E-state index in [1.165, 1.54) is 18.2 Å². The van der Waals surface area contributed by atoms with Crippen LogP contribution in [0.15, 0.2) is 54.6 Å². The summed E-state index contributed by atoms with van der Waals surface area (Å²) in [6.07, 6.45) is 2.86. The molecule has 0 bridgehead atoms. The van der Waals surface area contributed by atoms with E-state index in [0.717, 1.165) is 0 Å². The number of nitrogens with two attached hydrogens (primary N) is 1. The molecule has 1 fully saturated rings. The Labute approximate surface area is 244 Å². The Bertz CT molecular complexity index is 1110. The molecule has 9 heteroatoms. The van der Waals surface area contributed by atoms with Gasteiger partial charge in [0.15, 0.2) is 0 Å². The van der Waals surface area contributed by atoms with Gasteiger partial charge in [-0.25, -0.2) is 9.18 Å². The number of aryl methyl sites for hydroxylation is 1. The van der Waals surface area contributed by atoms with Gasteiger partial charge in [0.1, 0.15) is 17.7 Å². The third-order valence-electron chi connectivity index (χ3n) is 5.74. The lowest BCUT2D eigenvalue weighted by Gasteiger charge is -2.36. The van der Waals surface area contributed by atoms with Crippen LogP contribution in [0.3, 0.4) is 0 Å². The molecule has 0 radical (unpaired) electrons. The molecule has 1 saturated heterocycles. The highest BCUT2D eigenvalue weighted by atomic mass is 19.1. The maximum Gasteiger partial charge on any atom is 0.335 e. The van der Waals surface area contributed by atoms with Crippen LogP contribution in [0.4, 0.5) is 4.39 Å². The molecule has 1 heterocycles. The SMILES string of the molecule is CC.CC#CC.CC=CC(=O)N1CCN(CC(Oc2ccc(C(=O)O)cc2)c2ccc(C)c(F)c2)CC1.NCCO. The fourth-order valence-electron chi connectivity index (χ4n) is 3.49. The Hall–Kier alpha value is -3.71. The molecule has 0 aliphatic carbocycles. The summed E-state index contributed by atoms with van der Waals surface area (Å²) >= 11 is 0. The highest BCUT2D eigenvalue weighted by Gasteiger charge is 2.24. The highest BCUT2D eigenvalue weighted by molar-refractivity contribution is 5.88. The number of hydrogen-bond donors (Lipinski definition) is 3. The molecule has 4 N–H and O–H groups in total. The molecule has 0 spiro atoms. The number of aromatic carboxylic acids is 1. The summed E-state index contributed by atoms with van der Waals surface area (Å²) in [5.74, 6) is 4.58. The Morgan fingerprint density at radius 2 is 1.63 bits per heavy atom. The van der Waals surface area contributed by atoms with Gasteiger partial charge in [-0.2, -0.15) is 0 Å². The first-order valence-corrected chi connectivity index (χ1v) is 13.7. The van der Waals surface area contributed by atoms with Crippen molar-refractivity contribution >= 4 is 11.9 Å². The molecule has 2 aromatic carbocycles. The Kier molecular flexibility index (Phi) is 20.0. The van der Waals surface area contributed by atoms with E-state index in [9.17, 15) is 14.0 Å². The van der Waals surface area contributed by atoms with Gasteiger partial charge in [-0.05, 0) is 75.2 Å². The summed E-state index contributed by atoms with van der Waals surface area (Å²) in [6.45, 7) is 14.8. The number of benzene rings is 2. The fraction of sp³-hybridized carbons (Fsp3) is 0.438. The number of carboxylic acids is 1. The second-order valence-corrected chi connectivity index (χ2v) is 8.58. The standard InChI is InChI=1S/C24H27FN2O4.C4H6.C2H7NO.C2H6/c1-3-4-23(28)27-13-11-26(12-14-27)16-22(19-6-5-17(2)21(25)15-19)31-20-9-7-18(8-10-20)24(29)30;1-3-4-2;3-1-2-4;1-2/h3-10,15,22H,11-14,16H2,1-2H3,(H,29,30);1-2H3;4H,1-3H2;1-2H3. The lowest BCUT2D eigenvalue weighted by atomic mass is 10.1. The largest absolute Gasteiger partial charge is 0.484 e. The molecule has 41 heavy (non-hydrogen) atoms. The second-order valence-electron chi connectivity index (χ2n) is 8.58. The summed E-state index contributed by atoms with van der Waals surface area (Å²) in [5, 5.41) is 16.8. The number of amides is 1. The van der Waals surface area contributed by atoms with Gasteiger partial charge in [0.25, 0.3) is 0 Å². The zero-order chi connectivity index (χ0) is 31.2. The molecule has 1 atom stereocenters. The minimum Gasteiger partial charge on any atom is -0.484 e. The van der Waals surface area contributed by atoms with E-state index >= 15 is 0 Å². The van der Waals surface area contributed by atoms with E-state index in [1.807, 2.05) is 45.6 Å². The van der Waals surface area contributed by atoms with Crippen LogP contribution in [0.2, 0.25) is 0 Å². The van der Waals surface area contributed by atoms with Gasteiger partial charge in [-0.15, -0.1) is 11.8 Å². The lowest BCUT2D eigenvalue weighted by molar-refractivity contribution is -0.127. The number of halogens is 1. The van der Waals surface area contributed by atoms with E-state index in [0.29, 0.717) is 56.1 Å². The van der Waals surface area contributed by atoms with E-state index in [2.05, 4.69) is 16.7 Å². The van der Waals surface area contributed by atoms with E-state index < -0.39 is 12.1 Å². The molecule has 1 amide bonds. The molecule has 0 saturated carbocycles. The number of hydrogen-bond acceptors (Lipinski definition) is 6. The van der Waals surface area contributed by atoms with Crippen molar-refractivity contribution in [1.82, 2.24) is 9.80 Å². The van der Waals surface area contributed by atoms with Crippen molar-refractivity contribution in [2.45, 2.75) is 47.6 Å². The minimum absolute atomic E-state index is 0.00840. The topological polar surface area (TPSA) is 116 Å². The van der Waals surface area contributed by atoms with Gasteiger partial charge in [0.05, 0.1) is 12.2 Å². The van der Waals surface area contributed by atoms with Gasteiger partial charge in [0.2, 0.25) is 5.91 Å².